The average Bonchev–Trinajstić information content (AvgIpc) is 2.51. The first-order valence-electron chi connectivity index (χ1n) is 8.64. The molecule has 0 aromatic carbocycles. The van der Waals surface area contributed by atoms with Gasteiger partial charge in [0.2, 0.25) is 11.8 Å². The highest BCUT2D eigenvalue weighted by atomic mass is 16.2. The van der Waals surface area contributed by atoms with Crippen molar-refractivity contribution in [3.8, 4) is 0 Å². The van der Waals surface area contributed by atoms with Crippen LogP contribution >= 0.6 is 0 Å². The molecule has 1 aliphatic heterocycles. The van der Waals surface area contributed by atoms with Crippen LogP contribution in [-0.4, -0.2) is 47.9 Å². The summed E-state index contributed by atoms with van der Waals surface area (Å²) in [4.78, 5) is 26.5. The van der Waals surface area contributed by atoms with Crippen LogP contribution in [0.2, 0.25) is 0 Å². The standard InChI is InChI=1S/C17H33N3O2/c1-6-10-18-16(22)14-8-11-20(12-9-14)13(3)15(21)19-17(4,5)7-2/h13-14H,6-12H2,1-5H3,(H,18,22)(H,19,21). The fourth-order valence-corrected chi connectivity index (χ4v) is 2.63. The molecule has 2 N–H and O–H groups in total. The van der Waals surface area contributed by atoms with E-state index in [4.69, 9.17) is 0 Å². The van der Waals surface area contributed by atoms with Crippen molar-refractivity contribution in [2.45, 2.75) is 71.9 Å². The molecule has 1 rings (SSSR count). The van der Waals surface area contributed by atoms with Gasteiger partial charge in [0, 0.05) is 18.0 Å². The zero-order valence-electron chi connectivity index (χ0n) is 14.9. The number of carbonyl (C=O) groups is 2. The van der Waals surface area contributed by atoms with Crippen LogP contribution in [0, 0.1) is 5.92 Å². The van der Waals surface area contributed by atoms with Gasteiger partial charge in [0.1, 0.15) is 0 Å². The third kappa shape index (κ3) is 5.59. The van der Waals surface area contributed by atoms with Gasteiger partial charge >= 0.3 is 0 Å². The Kier molecular flexibility index (Phi) is 7.33. The Balaban J connectivity index is 2.43. The maximum atomic E-state index is 12.3. The van der Waals surface area contributed by atoms with E-state index in [9.17, 15) is 9.59 Å². The Morgan fingerprint density at radius 2 is 1.82 bits per heavy atom. The maximum absolute atomic E-state index is 12.3. The Morgan fingerprint density at radius 3 is 2.32 bits per heavy atom. The minimum Gasteiger partial charge on any atom is -0.356 e. The molecule has 5 nitrogen and oxygen atoms in total. The van der Waals surface area contributed by atoms with Gasteiger partial charge in [-0.2, -0.15) is 0 Å². The molecule has 128 valence electrons. The second kappa shape index (κ2) is 8.51. The fourth-order valence-electron chi connectivity index (χ4n) is 2.63. The molecule has 1 fully saturated rings. The number of likely N-dealkylation sites (tertiary alicyclic amines) is 1. The number of piperidine rings is 1. The third-order valence-electron chi connectivity index (χ3n) is 4.72. The Hall–Kier alpha value is -1.10. The molecule has 0 aromatic heterocycles. The van der Waals surface area contributed by atoms with E-state index in [0.29, 0.717) is 0 Å². The largest absolute Gasteiger partial charge is 0.356 e. The van der Waals surface area contributed by atoms with E-state index in [1.807, 2.05) is 20.8 Å². The van der Waals surface area contributed by atoms with Crippen molar-refractivity contribution in [2.24, 2.45) is 5.92 Å². The van der Waals surface area contributed by atoms with E-state index in [1.165, 1.54) is 0 Å². The van der Waals surface area contributed by atoms with Crippen molar-refractivity contribution in [1.29, 1.82) is 0 Å². The summed E-state index contributed by atoms with van der Waals surface area (Å²) >= 11 is 0. The van der Waals surface area contributed by atoms with Crippen LogP contribution in [0.25, 0.3) is 0 Å². The van der Waals surface area contributed by atoms with Gasteiger partial charge in [0.05, 0.1) is 6.04 Å². The molecule has 1 aliphatic rings. The lowest BCUT2D eigenvalue weighted by atomic mass is 9.94. The number of rotatable bonds is 7. The molecule has 0 spiro atoms. The second-order valence-electron chi connectivity index (χ2n) is 7.00. The first-order chi connectivity index (χ1) is 10.3. The summed E-state index contributed by atoms with van der Waals surface area (Å²) in [5.41, 5.74) is -0.163. The Morgan fingerprint density at radius 1 is 1.23 bits per heavy atom. The monoisotopic (exact) mass is 311 g/mol. The highest BCUT2D eigenvalue weighted by Gasteiger charge is 2.31. The predicted octanol–water partition coefficient (Wildman–Crippen LogP) is 1.92. The molecular formula is C17H33N3O2. The molecule has 0 radical (unpaired) electrons. The molecular weight excluding hydrogens is 278 g/mol. The van der Waals surface area contributed by atoms with Crippen molar-refractivity contribution >= 4 is 11.8 Å². The number of nitrogens with zero attached hydrogens (tertiary/aromatic N) is 1. The second-order valence-corrected chi connectivity index (χ2v) is 7.00. The lowest BCUT2D eigenvalue weighted by Gasteiger charge is -2.36. The van der Waals surface area contributed by atoms with Gasteiger partial charge in [-0.15, -0.1) is 0 Å². The molecule has 1 heterocycles. The lowest BCUT2D eigenvalue weighted by molar-refractivity contribution is -0.129. The molecule has 1 unspecified atom stereocenters. The van der Waals surface area contributed by atoms with Gasteiger partial charge in [-0.25, -0.2) is 0 Å². The smallest absolute Gasteiger partial charge is 0.237 e. The summed E-state index contributed by atoms with van der Waals surface area (Å²) < 4.78 is 0. The quantitative estimate of drug-likeness (QED) is 0.755. The minimum absolute atomic E-state index is 0.0840. The summed E-state index contributed by atoms with van der Waals surface area (Å²) in [7, 11) is 0. The maximum Gasteiger partial charge on any atom is 0.237 e. The number of hydrogen-bond donors (Lipinski definition) is 2. The van der Waals surface area contributed by atoms with Gasteiger partial charge in [-0.1, -0.05) is 13.8 Å². The van der Waals surface area contributed by atoms with Crippen molar-refractivity contribution < 1.29 is 9.59 Å². The summed E-state index contributed by atoms with van der Waals surface area (Å²) in [5, 5.41) is 6.08. The molecule has 5 heteroatoms. The summed E-state index contributed by atoms with van der Waals surface area (Å²) in [6.07, 6.45) is 3.55. The van der Waals surface area contributed by atoms with Gasteiger partial charge in [0.15, 0.2) is 0 Å². The molecule has 0 aromatic rings. The van der Waals surface area contributed by atoms with Crippen molar-refractivity contribution in [3.63, 3.8) is 0 Å². The van der Waals surface area contributed by atoms with E-state index in [-0.39, 0.29) is 29.3 Å². The number of amides is 2. The lowest BCUT2D eigenvalue weighted by Crippen LogP contribution is -2.54. The Labute approximate surface area is 135 Å². The average molecular weight is 311 g/mol. The van der Waals surface area contributed by atoms with Crippen LogP contribution in [0.3, 0.4) is 0 Å². The first kappa shape index (κ1) is 18.9. The highest BCUT2D eigenvalue weighted by molar-refractivity contribution is 5.82. The van der Waals surface area contributed by atoms with Gasteiger partial charge in [-0.3, -0.25) is 14.5 Å². The Bertz CT molecular complexity index is 374. The van der Waals surface area contributed by atoms with Gasteiger partial charge in [-0.05, 0) is 59.5 Å². The van der Waals surface area contributed by atoms with Crippen molar-refractivity contribution in [1.82, 2.24) is 15.5 Å². The van der Waals surface area contributed by atoms with Crippen LogP contribution in [0.1, 0.15) is 60.3 Å². The van der Waals surface area contributed by atoms with E-state index >= 15 is 0 Å². The first-order valence-corrected chi connectivity index (χ1v) is 8.64. The van der Waals surface area contributed by atoms with Gasteiger partial charge in [0.25, 0.3) is 0 Å². The van der Waals surface area contributed by atoms with Crippen molar-refractivity contribution in [2.75, 3.05) is 19.6 Å². The normalized spacial score (nSPS) is 18.8. The zero-order chi connectivity index (χ0) is 16.8. The minimum atomic E-state index is -0.163. The highest BCUT2D eigenvalue weighted by Crippen LogP contribution is 2.20. The van der Waals surface area contributed by atoms with Crippen LogP contribution < -0.4 is 10.6 Å². The van der Waals surface area contributed by atoms with E-state index in [0.717, 1.165) is 45.3 Å². The van der Waals surface area contributed by atoms with E-state index < -0.39 is 0 Å². The predicted molar refractivity (Wildman–Crippen MR) is 89.6 cm³/mol. The number of hydrogen-bond acceptors (Lipinski definition) is 3. The van der Waals surface area contributed by atoms with Crippen LogP contribution in [0.4, 0.5) is 0 Å². The third-order valence-corrected chi connectivity index (χ3v) is 4.72. The SMILES string of the molecule is CCCNC(=O)C1CCN(C(C)C(=O)NC(C)(C)CC)CC1. The topological polar surface area (TPSA) is 61.4 Å². The number of carbonyl (C=O) groups excluding carboxylic acids is 2. The van der Waals surface area contributed by atoms with Crippen LogP contribution in [0.15, 0.2) is 0 Å². The zero-order valence-corrected chi connectivity index (χ0v) is 14.9. The fraction of sp³-hybridized carbons (Fsp3) is 0.882. The van der Waals surface area contributed by atoms with Crippen LogP contribution in [0.5, 0.6) is 0 Å². The van der Waals surface area contributed by atoms with E-state index in [2.05, 4.69) is 29.4 Å². The molecule has 1 atom stereocenters. The van der Waals surface area contributed by atoms with Crippen LogP contribution in [-0.2, 0) is 9.59 Å². The molecule has 2 amide bonds. The molecule has 0 bridgehead atoms. The van der Waals surface area contributed by atoms with E-state index in [1.54, 1.807) is 0 Å². The molecule has 22 heavy (non-hydrogen) atoms. The van der Waals surface area contributed by atoms with Crippen molar-refractivity contribution in [3.05, 3.63) is 0 Å². The molecule has 0 saturated carbocycles. The number of nitrogens with one attached hydrogen (secondary N) is 2. The molecule has 0 aliphatic carbocycles. The summed E-state index contributed by atoms with van der Waals surface area (Å²) in [5.74, 6) is 0.358. The summed E-state index contributed by atoms with van der Waals surface area (Å²) in [6.45, 7) is 12.6. The summed E-state index contributed by atoms with van der Waals surface area (Å²) in [6, 6.07) is -0.134. The molecule has 1 saturated heterocycles. The van der Waals surface area contributed by atoms with Gasteiger partial charge < -0.3 is 10.6 Å².